The quantitative estimate of drug-likeness (QED) is 0.461. The van der Waals surface area contributed by atoms with E-state index >= 15 is 0 Å². The maximum atomic E-state index is 12.3. The van der Waals surface area contributed by atoms with E-state index in [-0.39, 0.29) is 11.8 Å². The minimum atomic E-state index is -0.520. The number of pyridine rings is 2. The number of non-ortho nitro benzene ring substituents is 1. The zero-order valence-electron chi connectivity index (χ0n) is 18.8. The van der Waals surface area contributed by atoms with E-state index < -0.39 is 10.5 Å². The third-order valence-corrected chi connectivity index (χ3v) is 5.23. The van der Waals surface area contributed by atoms with Gasteiger partial charge in [-0.25, -0.2) is 9.78 Å². The van der Waals surface area contributed by atoms with Crippen molar-refractivity contribution < 1.29 is 14.5 Å². The fourth-order valence-electron chi connectivity index (χ4n) is 3.59. The highest BCUT2D eigenvalue weighted by molar-refractivity contribution is 5.94. The first-order chi connectivity index (χ1) is 15.7. The number of amides is 1. The summed E-state index contributed by atoms with van der Waals surface area (Å²) in [6.45, 7) is 7.96. The molecule has 1 aliphatic rings. The highest BCUT2D eigenvalue weighted by Gasteiger charge is 2.26. The molecule has 1 amide bonds. The lowest BCUT2D eigenvalue weighted by molar-refractivity contribution is -0.384. The van der Waals surface area contributed by atoms with Crippen molar-refractivity contribution in [3.63, 3.8) is 0 Å². The summed E-state index contributed by atoms with van der Waals surface area (Å²) in [5.74, 6) is 0.797. The average Bonchev–Trinajstić information content (AvgIpc) is 2.78. The van der Waals surface area contributed by atoms with Gasteiger partial charge in [0.15, 0.2) is 0 Å². The van der Waals surface area contributed by atoms with Crippen molar-refractivity contribution in [1.82, 2.24) is 14.9 Å². The normalized spacial score (nSPS) is 14.3. The van der Waals surface area contributed by atoms with E-state index in [1.165, 1.54) is 12.1 Å². The van der Waals surface area contributed by atoms with E-state index in [1.807, 2.05) is 32.9 Å². The number of fused-ring (bicyclic) bond motifs is 1. The van der Waals surface area contributed by atoms with Gasteiger partial charge in [-0.2, -0.15) is 0 Å². The lowest BCUT2D eigenvalue weighted by Gasteiger charge is -2.36. The Balaban J connectivity index is 1.50. The number of benzene rings is 1. The molecular formula is C23H26N6O4. The molecule has 0 spiro atoms. The van der Waals surface area contributed by atoms with Gasteiger partial charge in [-0.1, -0.05) is 0 Å². The zero-order valence-corrected chi connectivity index (χ0v) is 18.8. The van der Waals surface area contributed by atoms with Crippen LogP contribution in [-0.4, -0.2) is 57.7 Å². The van der Waals surface area contributed by atoms with Gasteiger partial charge in [0.1, 0.15) is 11.4 Å². The van der Waals surface area contributed by atoms with Crippen molar-refractivity contribution in [1.29, 1.82) is 0 Å². The summed E-state index contributed by atoms with van der Waals surface area (Å²) in [4.78, 5) is 35.6. The van der Waals surface area contributed by atoms with E-state index in [0.29, 0.717) is 26.2 Å². The first kappa shape index (κ1) is 22.3. The number of piperazine rings is 1. The summed E-state index contributed by atoms with van der Waals surface area (Å²) in [5.41, 5.74) is 1.81. The molecule has 3 heterocycles. The van der Waals surface area contributed by atoms with Gasteiger partial charge in [-0.05, 0) is 45.0 Å². The number of aromatic nitrogens is 2. The highest BCUT2D eigenvalue weighted by atomic mass is 16.6. The van der Waals surface area contributed by atoms with Crippen molar-refractivity contribution in [3.05, 3.63) is 58.9 Å². The van der Waals surface area contributed by atoms with Gasteiger partial charge in [0, 0.05) is 61.3 Å². The molecule has 0 radical (unpaired) electrons. The molecule has 0 unspecified atom stereocenters. The Morgan fingerprint density at radius 1 is 1.09 bits per heavy atom. The topological polar surface area (TPSA) is 114 Å². The van der Waals surface area contributed by atoms with Crippen molar-refractivity contribution in [2.24, 2.45) is 0 Å². The second-order valence-electron chi connectivity index (χ2n) is 8.80. The summed E-state index contributed by atoms with van der Waals surface area (Å²) >= 11 is 0. The molecule has 1 saturated heterocycles. The minimum Gasteiger partial charge on any atom is -0.444 e. The summed E-state index contributed by atoms with van der Waals surface area (Å²) in [7, 11) is 0. The number of carbonyl (C=O) groups excluding carboxylic acids is 1. The molecule has 4 rings (SSSR count). The van der Waals surface area contributed by atoms with Crippen molar-refractivity contribution in [2.75, 3.05) is 36.4 Å². The van der Waals surface area contributed by atoms with Gasteiger partial charge in [0.05, 0.1) is 16.6 Å². The Morgan fingerprint density at radius 2 is 1.79 bits per heavy atom. The number of nitrogens with zero attached hydrogens (tertiary/aromatic N) is 5. The van der Waals surface area contributed by atoms with Gasteiger partial charge in [-0.15, -0.1) is 0 Å². The van der Waals surface area contributed by atoms with E-state index in [2.05, 4.69) is 20.2 Å². The Hall–Kier alpha value is -3.95. The number of rotatable bonds is 4. The first-order valence-electron chi connectivity index (χ1n) is 10.7. The molecule has 1 aliphatic heterocycles. The third kappa shape index (κ3) is 5.28. The minimum absolute atomic E-state index is 0.0390. The van der Waals surface area contributed by atoms with Gasteiger partial charge < -0.3 is 19.9 Å². The monoisotopic (exact) mass is 450 g/mol. The van der Waals surface area contributed by atoms with Crippen LogP contribution in [0.2, 0.25) is 0 Å². The van der Waals surface area contributed by atoms with Gasteiger partial charge >= 0.3 is 6.09 Å². The lowest BCUT2D eigenvalue weighted by Crippen LogP contribution is -2.50. The lowest BCUT2D eigenvalue weighted by atomic mass is 10.2. The van der Waals surface area contributed by atoms with E-state index in [0.717, 1.165) is 28.1 Å². The number of carbonyl (C=O) groups is 1. The second kappa shape index (κ2) is 8.89. The summed E-state index contributed by atoms with van der Waals surface area (Å²) in [6.07, 6.45) is 3.12. The Kier molecular flexibility index (Phi) is 5.99. The molecule has 0 saturated carbocycles. The number of nitrogens with one attached hydrogen (secondary N) is 1. The van der Waals surface area contributed by atoms with Gasteiger partial charge in [0.25, 0.3) is 5.69 Å². The maximum absolute atomic E-state index is 12.3. The molecule has 1 fully saturated rings. The van der Waals surface area contributed by atoms with Crippen LogP contribution in [0.5, 0.6) is 0 Å². The molecule has 10 heteroatoms. The van der Waals surface area contributed by atoms with Crippen molar-refractivity contribution in [2.45, 2.75) is 26.4 Å². The van der Waals surface area contributed by atoms with E-state index in [1.54, 1.807) is 29.4 Å². The molecular weight excluding hydrogens is 424 g/mol. The predicted molar refractivity (Wildman–Crippen MR) is 126 cm³/mol. The number of hydrogen-bond acceptors (Lipinski definition) is 8. The molecule has 172 valence electrons. The van der Waals surface area contributed by atoms with E-state index in [4.69, 9.17) is 4.74 Å². The molecule has 33 heavy (non-hydrogen) atoms. The van der Waals surface area contributed by atoms with Crippen LogP contribution in [-0.2, 0) is 4.74 Å². The third-order valence-electron chi connectivity index (χ3n) is 5.23. The second-order valence-corrected chi connectivity index (χ2v) is 8.80. The molecule has 3 aromatic rings. The Bertz CT molecular complexity index is 1170. The summed E-state index contributed by atoms with van der Waals surface area (Å²) in [6, 6.07) is 10.1. The molecule has 0 bridgehead atoms. The number of nitro groups is 1. The van der Waals surface area contributed by atoms with Crippen LogP contribution in [0.3, 0.4) is 0 Å². The predicted octanol–water partition coefficient (Wildman–Crippen LogP) is 4.34. The fourth-order valence-corrected chi connectivity index (χ4v) is 3.59. The van der Waals surface area contributed by atoms with E-state index in [9.17, 15) is 14.9 Å². The average molecular weight is 450 g/mol. The number of ether oxygens (including phenoxy) is 1. The Labute approximate surface area is 191 Å². The Morgan fingerprint density at radius 3 is 2.42 bits per heavy atom. The molecule has 2 aromatic heterocycles. The number of anilines is 3. The smallest absolute Gasteiger partial charge is 0.410 e. The van der Waals surface area contributed by atoms with Crippen LogP contribution in [0.25, 0.3) is 10.9 Å². The zero-order chi connectivity index (χ0) is 23.6. The van der Waals surface area contributed by atoms with Gasteiger partial charge in [-0.3, -0.25) is 15.1 Å². The van der Waals surface area contributed by atoms with Crippen LogP contribution in [0, 0.1) is 10.1 Å². The largest absolute Gasteiger partial charge is 0.444 e. The first-order valence-corrected chi connectivity index (χ1v) is 10.7. The standard InChI is InChI=1S/C23H26N6O4/c1-23(2,3)33-22(30)28-12-10-27(11-13-28)21-14-18-19(8-9-24-20(18)15-25-21)26-16-4-6-17(7-5-16)29(31)32/h4-9,14-15H,10-13H2,1-3H3,(H,24,26). The van der Waals surface area contributed by atoms with Gasteiger partial charge in [0.2, 0.25) is 0 Å². The van der Waals surface area contributed by atoms with Crippen molar-refractivity contribution in [3.8, 4) is 0 Å². The van der Waals surface area contributed by atoms with Crippen LogP contribution < -0.4 is 10.2 Å². The molecule has 1 aromatic carbocycles. The van der Waals surface area contributed by atoms with Crippen LogP contribution in [0.1, 0.15) is 20.8 Å². The van der Waals surface area contributed by atoms with Crippen LogP contribution in [0.4, 0.5) is 27.7 Å². The van der Waals surface area contributed by atoms with Crippen molar-refractivity contribution >= 4 is 39.9 Å². The fraction of sp³-hybridized carbons (Fsp3) is 0.348. The highest BCUT2D eigenvalue weighted by Crippen LogP contribution is 2.28. The molecule has 0 aliphatic carbocycles. The van der Waals surface area contributed by atoms with Crippen LogP contribution >= 0.6 is 0 Å². The molecule has 0 atom stereocenters. The number of nitro benzene ring substituents is 1. The summed E-state index contributed by atoms with van der Waals surface area (Å²) in [5, 5.41) is 15.1. The van der Waals surface area contributed by atoms with Crippen LogP contribution in [0.15, 0.2) is 48.8 Å². The molecule has 10 nitrogen and oxygen atoms in total. The maximum Gasteiger partial charge on any atom is 0.410 e. The molecule has 1 N–H and O–H groups in total. The SMILES string of the molecule is CC(C)(C)OC(=O)N1CCN(c2cc3c(Nc4ccc([N+](=O)[O-])cc4)ccnc3cn2)CC1. The summed E-state index contributed by atoms with van der Waals surface area (Å²) < 4.78 is 5.47. The number of hydrogen-bond donors (Lipinski definition) is 1.